The summed E-state index contributed by atoms with van der Waals surface area (Å²) in [4.78, 5) is 12.7. The van der Waals surface area contributed by atoms with Crippen LogP contribution in [0, 0.1) is 0 Å². The quantitative estimate of drug-likeness (QED) is 0.683. The van der Waals surface area contributed by atoms with Crippen LogP contribution in [0.15, 0.2) is 60.7 Å². The summed E-state index contributed by atoms with van der Waals surface area (Å²) in [5, 5.41) is 3.02. The highest BCUT2D eigenvalue weighted by Crippen LogP contribution is 2.24. The van der Waals surface area contributed by atoms with Crippen LogP contribution in [0.4, 0.5) is 0 Å². The highest BCUT2D eigenvalue weighted by molar-refractivity contribution is 5.87. The third kappa shape index (κ3) is 5.80. The average molecular weight is 327 g/mol. The first-order chi connectivity index (χ1) is 11.8. The molecule has 1 amide bonds. The van der Waals surface area contributed by atoms with Crippen molar-refractivity contribution in [2.75, 3.05) is 33.5 Å². The molecule has 24 heavy (non-hydrogen) atoms. The lowest BCUT2D eigenvalue weighted by Gasteiger charge is -2.18. The van der Waals surface area contributed by atoms with Gasteiger partial charge in [-0.2, -0.15) is 0 Å². The van der Waals surface area contributed by atoms with Crippen molar-refractivity contribution in [3.05, 3.63) is 71.8 Å². The molecule has 0 saturated heterocycles. The molecule has 0 heterocycles. The number of carbonyl (C=O) groups excluding carboxylic acids is 1. The Balaban J connectivity index is 1.92. The molecule has 0 bridgehead atoms. The Morgan fingerprint density at radius 3 is 2.04 bits per heavy atom. The molecule has 0 aliphatic carbocycles. The summed E-state index contributed by atoms with van der Waals surface area (Å²) in [6.45, 7) is 2.39. The van der Waals surface area contributed by atoms with Crippen LogP contribution in [-0.4, -0.2) is 39.4 Å². The van der Waals surface area contributed by atoms with E-state index in [0.29, 0.717) is 26.4 Å². The van der Waals surface area contributed by atoms with Crippen LogP contribution in [0.2, 0.25) is 0 Å². The predicted octanol–water partition coefficient (Wildman–Crippen LogP) is 2.99. The number of rotatable bonds is 10. The first-order valence-electron chi connectivity index (χ1n) is 8.27. The molecule has 0 radical (unpaired) electrons. The Morgan fingerprint density at radius 2 is 1.50 bits per heavy atom. The summed E-state index contributed by atoms with van der Waals surface area (Å²) in [5.41, 5.74) is 2.00. The molecule has 2 aromatic rings. The number of amides is 1. The third-order valence-corrected chi connectivity index (χ3v) is 3.72. The van der Waals surface area contributed by atoms with Gasteiger partial charge in [0.1, 0.15) is 0 Å². The van der Waals surface area contributed by atoms with Crippen molar-refractivity contribution in [1.29, 1.82) is 0 Å². The standard InChI is InChI=1S/C20H25NO3/c1-23-15-16-24-14-8-13-21-20(22)19(17-9-4-2-5-10-17)18-11-6-3-7-12-18/h2-7,9-12,19H,8,13-16H2,1H3,(H,21,22). The molecule has 0 spiro atoms. The van der Waals surface area contributed by atoms with E-state index >= 15 is 0 Å². The average Bonchev–Trinajstić information content (AvgIpc) is 2.63. The fraction of sp³-hybridized carbons (Fsp3) is 0.350. The fourth-order valence-corrected chi connectivity index (χ4v) is 2.52. The maximum atomic E-state index is 12.7. The first kappa shape index (κ1) is 18.2. The molecule has 4 nitrogen and oxygen atoms in total. The Bertz CT molecular complexity index is 547. The van der Waals surface area contributed by atoms with Gasteiger partial charge in [-0.1, -0.05) is 60.7 Å². The van der Waals surface area contributed by atoms with E-state index in [2.05, 4.69) is 5.32 Å². The van der Waals surface area contributed by atoms with Crippen molar-refractivity contribution in [3.63, 3.8) is 0 Å². The van der Waals surface area contributed by atoms with Gasteiger partial charge in [-0.05, 0) is 17.5 Å². The highest BCUT2D eigenvalue weighted by atomic mass is 16.5. The maximum Gasteiger partial charge on any atom is 0.232 e. The normalized spacial score (nSPS) is 10.8. The van der Waals surface area contributed by atoms with Crippen LogP contribution in [0.5, 0.6) is 0 Å². The maximum absolute atomic E-state index is 12.7. The summed E-state index contributed by atoms with van der Waals surface area (Å²) < 4.78 is 10.3. The topological polar surface area (TPSA) is 47.6 Å². The lowest BCUT2D eigenvalue weighted by molar-refractivity contribution is -0.121. The number of hydrogen-bond donors (Lipinski definition) is 1. The van der Waals surface area contributed by atoms with E-state index < -0.39 is 0 Å². The van der Waals surface area contributed by atoms with Crippen molar-refractivity contribution >= 4 is 5.91 Å². The molecule has 128 valence electrons. The summed E-state index contributed by atoms with van der Waals surface area (Å²) in [5.74, 6) is -0.272. The highest BCUT2D eigenvalue weighted by Gasteiger charge is 2.21. The molecule has 0 aromatic heterocycles. The lowest BCUT2D eigenvalue weighted by atomic mass is 9.90. The summed E-state index contributed by atoms with van der Waals surface area (Å²) >= 11 is 0. The summed E-state index contributed by atoms with van der Waals surface area (Å²) in [6, 6.07) is 19.7. The van der Waals surface area contributed by atoms with Crippen LogP contribution >= 0.6 is 0 Å². The van der Waals surface area contributed by atoms with E-state index in [1.54, 1.807) is 7.11 Å². The largest absolute Gasteiger partial charge is 0.382 e. The Hall–Kier alpha value is -2.17. The smallest absolute Gasteiger partial charge is 0.232 e. The van der Waals surface area contributed by atoms with Gasteiger partial charge in [0.05, 0.1) is 19.1 Å². The molecule has 1 N–H and O–H groups in total. The zero-order chi connectivity index (χ0) is 17.0. The molecule has 0 aliphatic rings. The van der Waals surface area contributed by atoms with Crippen molar-refractivity contribution in [2.45, 2.75) is 12.3 Å². The molecule has 0 fully saturated rings. The molecule has 2 aromatic carbocycles. The van der Waals surface area contributed by atoms with Gasteiger partial charge in [-0.15, -0.1) is 0 Å². The zero-order valence-electron chi connectivity index (χ0n) is 14.1. The molecular weight excluding hydrogens is 302 g/mol. The van der Waals surface area contributed by atoms with Crippen molar-refractivity contribution in [3.8, 4) is 0 Å². The van der Waals surface area contributed by atoms with E-state index in [1.165, 1.54) is 0 Å². The first-order valence-corrected chi connectivity index (χ1v) is 8.27. The number of nitrogens with one attached hydrogen (secondary N) is 1. The fourth-order valence-electron chi connectivity index (χ4n) is 2.52. The van der Waals surface area contributed by atoms with Crippen LogP contribution in [0.1, 0.15) is 23.5 Å². The molecule has 0 saturated carbocycles. The van der Waals surface area contributed by atoms with Gasteiger partial charge in [0.25, 0.3) is 0 Å². The molecule has 0 atom stereocenters. The van der Waals surface area contributed by atoms with Crippen LogP contribution in [-0.2, 0) is 14.3 Å². The number of carbonyl (C=O) groups is 1. The third-order valence-electron chi connectivity index (χ3n) is 3.72. The minimum atomic E-state index is -0.290. The Labute approximate surface area is 143 Å². The van der Waals surface area contributed by atoms with E-state index in [-0.39, 0.29) is 11.8 Å². The Kier molecular flexibility index (Phi) is 8.01. The van der Waals surface area contributed by atoms with E-state index in [1.807, 2.05) is 60.7 Å². The summed E-state index contributed by atoms with van der Waals surface area (Å²) in [6.07, 6.45) is 0.783. The van der Waals surface area contributed by atoms with Gasteiger partial charge in [0.15, 0.2) is 0 Å². The monoisotopic (exact) mass is 327 g/mol. The molecule has 4 heteroatoms. The van der Waals surface area contributed by atoms with E-state index in [9.17, 15) is 4.79 Å². The van der Waals surface area contributed by atoms with E-state index in [4.69, 9.17) is 9.47 Å². The molecule has 0 aliphatic heterocycles. The Morgan fingerprint density at radius 1 is 0.917 bits per heavy atom. The van der Waals surface area contributed by atoms with Crippen LogP contribution in [0.25, 0.3) is 0 Å². The number of ether oxygens (including phenoxy) is 2. The van der Waals surface area contributed by atoms with Gasteiger partial charge in [0.2, 0.25) is 5.91 Å². The lowest BCUT2D eigenvalue weighted by Crippen LogP contribution is -2.31. The van der Waals surface area contributed by atoms with Crippen LogP contribution in [0.3, 0.4) is 0 Å². The number of methoxy groups -OCH3 is 1. The second-order valence-electron chi connectivity index (χ2n) is 5.50. The van der Waals surface area contributed by atoms with Crippen molar-refractivity contribution in [1.82, 2.24) is 5.32 Å². The van der Waals surface area contributed by atoms with Gasteiger partial charge < -0.3 is 14.8 Å². The number of benzene rings is 2. The molecular formula is C20H25NO3. The van der Waals surface area contributed by atoms with Crippen LogP contribution < -0.4 is 5.32 Å². The second kappa shape index (κ2) is 10.6. The minimum Gasteiger partial charge on any atom is -0.382 e. The molecule has 0 unspecified atom stereocenters. The number of hydrogen-bond acceptors (Lipinski definition) is 3. The van der Waals surface area contributed by atoms with E-state index in [0.717, 1.165) is 17.5 Å². The SMILES string of the molecule is COCCOCCCNC(=O)C(c1ccccc1)c1ccccc1. The van der Waals surface area contributed by atoms with Crippen molar-refractivity contribution < 1.29 is 14.3 Å². The zero-order valence-corrected chi connectivity index (χ0v) is 14.1. The second-order valence-corrected chi connectivity index (χ2v) is 5.50. The van der Waals surface area contributed by atoms with Gasteiger partial charge in [0, 0.05) is 20.3 Å². The van der Waals surface area contributed by atoms with Gasteiger partial charge in [-0.3, -0.25) is 4.79 Å². The van der Waals surface area contributed by atoms with Gasteiger partial charge >= 0.3 is 0 Å². The van der Waals surface area contributed by atoms with Crippen molar-refractivity contribution in [2.24, 2.45) is 0 Å². The minimum absolute atomic E-state index is 0.0179. The van der Waals surface area contributed by atoms with Gasteiger partial charge in [-0.25, -0.2) is 0 Å². The molecule has 2 rings (SSSR count). The summed E-state index contributed by atoms with van der Waals surface area (Å²) in [7, 11) is 1.65. The predicted molar refractivity (Wildman–Crippen MR) is 95.0 cm³/mol.